The normalized spacial score (nSPS) is 11.3. The van der Waals surface area contributed by atoms with E-state index in [1.807, 2.05) is 18.2 Å². The molecular formula is C38H47N5O3. The number of pyridine rings is 2. The quantitative estimate of drug-likeness (QED) is 0.110. The van der Waals surface area contributed by atoms with E-state index in [2.05, 4.69) is 91.9 Å². The molecule has 0 fully saturated rings. The van der Waals surface area contributed by atoms with Crippen LogP contribution in [-0.2, 0) is 0 Å². The minimum Gasteiger partial charge on any atom is -0.492 e. The van der Waals surface area contributed by atoms with Crippen molar-refractivity contribution in [2.45, 2.75) is 66.2 Å². The number of terminal acetylenes is 1. The average molecular weight is 622 g/mol. The van der Waals surface area contributed by atoms with E-state index in [1.165, 1.54) is 4.90 Å². The molecule has 4 aromatic rings. The van der Waals surface area contributed by atoms with E-state index in [0.717, 1.165) is 58.7 Å². The van der Waals surface area contributed by atoms with E-state index in [4.69, 9.17) is 11.2 Å². The van der Waals surface area contributed by atoms with Gasteiger partial charge in [-0.25, -0.2) is 9.78 Å². The lowest BCUT2D eigenvalue weighted by atomic mass is 9.88. The summed E-state index contributed by atoms with van der Waals surface area (Å²) in [4.78, 5) is 38.2. The number of rotatable bonds is 14. The topological polar surface area (TPSA) is 90.6 Å². The number of carbonyl (C=O) groups is 1. The van der Waals surface area contributed by atoms with Gasteiger partial charge in [0.15, 0.2) is 0 Å². The van der Waals surface area contributed by atoms with Gasteiger partial charge in [0.05, 0.1) is 0 Å². The largest absolute Gasteiger partial charge is 0.492 e. The number of anilines is 2. The first-order valence-corrected chi connectivity index (χ1v) is 16.3. The lowest BCUT2D eigenvalue weighted by Crippen LogP contribution is -2.39. The number of urea groups is 1. The molecule has 2 aromatic heterocycles. The second kappa shape index (κ2) is 16.1. The Bertz CT molecular complexity index is 1700. The van der Waals surface area contributed by atoms with E-state index >= 15 is 0 Å². The van der Waals surface area contributed by atoms with Crippen LogP contribution in [0.5, 0.6) is 5.75 Å². The van der Waals surface area contributed by atoms with Gasteiger partial charge < -0.3 is 19.9 Å². The standard InChI is InChI=1S/C38H47N5O3/c1-8-11-12-19-43(34-25-29-16-14-18-39-36(29)41-37(34)44)38(45)40-35-32(26(4)5)23-30(24-33(35)27(6)7)28-15-13-17-31(22-28)46-21-20-42(9-2)10-3/h1,13-18,22-27H,9-12,19-21H2,2-7H3,(H,40,45)(H,39,41,44). The maximum absolute atomic E-state index is 14.1. The number of likely N-dealkylation sites (N-methyl/N-ethyl adjacent to an activating group) is 1. The number of hydrogen-bond acceptors (Lipinski definition) is 5. The fourth-order valence-corrected chi connectivity index (χ4v) is 5.58. The number of hydrogen-bond donors (Lipinski definition) is 2. The predicted molar refractivity (Wildman–Crippen MR) is 190 cm³/mol. The lowest BCUT2D eigenvalue weighted by molar-refractivity contribution is 0.223. The molecule has 0 radical (unpaired) electrons. The van der Waals surface area contributed by atoms with E-state index in [9.17, 15) is 9.59 Å². The number of unbranched alkanes of at least 4 members (excludes halogenated alkanes) is 1. The zero-order valence-electron chi connectivity index (χ0n) is 28.0. The summed E-state index contributed by atoms with van der Waals surface area (Å²) in [6.07, 6.45) is 8.18. The number of fused-ring (bicyclic) bond motifs is 1. The van der Waals surface area contributed by atoms with Gasteiger partial charge in [-0.05, 0) is 96.1 Å². The summed E-state index contributed by atoms with van der Waals surface area (Å²) in [5, 5.41) is 3.96. The smallest absolute Gasteiger partial charge is 0.326 e. The molecule has 2 heterocycles. The minimum absolute atomic E-state index is 0.117. The van der Waals surface area contributed by atoms with E-state index in [1.54, 1.807) is 18.3 Å². The van der Waals surface area contributed by atoms with Gasteiger partial charge in [-0.3, -0.25) is 9.69 Å². The van der Waals surface area contributed by atoms with E-state index in [-0.39, 0.29) is 35.7 Å². The van der Waals surface area contributed by atoms with Crippen LogP contribution in [0.1, 0.15) is 77.3 Å². The Kier molecular flexibility index (Phi) is 12.0. The van der Waals surface area contributed by atoms with Crippen LogP contribution in [0.25, 0.3) is 22.2 Å². The minimum atomic E-state index is -0.384. The third-order valence-electron chi connectivity index (χ3n) is 8.25. The molecule has 0 aliphatic carbocycles. The van der Waals surface area contributed by atoms with Crippen LogP contribution in [0.4, 0.5) is 16.2 Å². The second-order valence-electron chi connectivity index (χ2n) is 12.1. The number of nitrogens with zero attached hydrogens (tertiary/aromatic N) is 3. The molecule has 0 atom stereocenters. The van der Waals surface area contributed by atoms with Crippen molar-refractivity contribution in [1.29, 1.82) is 0 Å². The van der Waals surface area contributed by atoms with Crippen LogP contribution in [0, 0.1) is 12.3 Å². The summed E-state index contributed by atoms with van der Waals surface area (Å²) in [5.74, 6) is 3.70. The molecule has 2 aromatic carbocycles. The Labute approximate surface area is 273 Å². The summed E-state index contributed by atoms with van der Waals surface area (Å²) < 4.78 is 6.13. The Morgan fingerprint density at radius 1 is 0.978 bits per heavy atom. The fraction of sp³-hybridized carbons (Fsp3) is 0.395. The summed E-state index contributed by atoms with van der Waals surface area (Å²) in [6.45, 7) is 16.6. The molecule has 0 unspecified atom stereocenters. The molecular weight excluding hydrogens is 574 g/mol. The number of carbonyl (C=O) groups excluding carboxylic acids is 1. The zero-order chi connectivity index (χ0) is 33.2. The molecule has 0 aliphatic heterocycles. The van der Waals surface area contributed by atoms with Gasteiger partial charge in [0.2, 0.25) is 0 Å². The van der Waals surface area contributed by atoms with Gasteiger partial charge in [-0.1, -0.05) is 53.7 Å². The first-order valence-electron chi connectivity index (χ1n) is 16.3. The van der Waals surface area contributed by atoms with Crippen molar-refractivity contribution >= 4 is 28.4 Å². The monoisotopic (exact) mass is 621 g/mol. The molecule has 2 amide bonds. The third-order valence-corrected chi connectivity index (χ3v) is 8.25. The van der Waals surface area contributed by atoms with Crippen LogP contribution in [0.3, 0.4) is 0 Å². The van der Waals surface area contributed by atoms with Gasteiger partial charge in [0.1, 0.15) is 23.7 Å². The zero-order valence-corrected chi connectivity index (χ0v) is 28.0. The van der Waals surface area contributed by atoms with Gasteiger partial charge in [0, 0.05) is 36.8 Å². The van der Waals surface area contributed by atoms with Crippen LogP contribution >= 0.6 is 0 Å². The molecule has 0 saturated heterocycles. The number of nitrogens with one attached hydrogen (secondary N) is 2. The molecule has 0 aliphatic rings. The Hall–Kier alpha value is -4.61. The Morgan fingerprint density at radius 3 is 2.35 bits per heavy atom. The maximum Gasteiger partial charge on any atom is 0.326 e. The highest BCUT2D eigenvalue weighted by molar-refractivity contribution is 6.03. The molecule has 8 heteroatoms. The third kappa shape index (κ3) is 8.35. The number of benzene rings is 2. The van der Waals surface area contributed by atoms with Crippen molar-refractivity contribution in [3.63, 3.8) is 0 Å². The van der Waals surface area contributed by atoms with Crippen molar-refractivity contribution in [1.82, 2.24) is 14.9 Å². The molecule has 8 nitrogen and oxygen atoms in total. The number of amides is 2. The van der Waals surface area contributed by atoms with Crippen molar-refractivity contribution in [3.05, 3.63) is 82.3 Å². The summed E-state index contributed by atoms with van der Waals surface area (Å²) in [6, 6.07) is 17.5. The van der Waals surface area contributed by atoms with E-state index < -0.39 is 0 Å². The first-order chi connectivity index (χ1) is 22.2. The molecule has 0 spiro atoms. The lowest BCUT2D eigenvalue weighted by Gasteiger charge is -2.27. The number of H-pyrrole nitrogens is 1. The average Bonchev–Trinajstić information content (AvgIpc) is 3.05. The van der Waals surface area contributed by atoms with Crippen molar-refractivity contribution < 1.29 is 9.53 Å². The molecule has 0 bridgehead atoms. The predicted octanol–water partition coefficient (Wildman–Crippen LogP) is 8.01. The van der Waals surface area contributed by atoms with Crippen LogP contribution in [0.2, 0.25) is 0 Å². The van der Waals surface area contributed by atoms with Crippen LogP contribution in [0.15, 0.2) is 65.6 Å². The van der Waals surface area contributed by atoms with Crippen LogP contribution < -0.4 is 20.5 Å². The van der Waals surface area contributed by atoms with Gasteiger partial charge in [0.25, 0.3) is 5.56 Å². The molecule has 4 rings (SSSR count). The van der Waals surface area contributed by atoms with Gasteiger partial charge in [-0.2, -0.15) is 0 Å². The van der Waals surface area contributed by atoms with E-state index in [0.29, 0.717) is 25.1 Å². The number of aromatic amines is 1. The molecule has 0 saturated carbocycles. The molecule has 242 valence electrons. The summed E-state index contributed by atoms with van der Waals surface area (Å²) in [7, 11) is 0. The highest BCUT2D eigenvalue weighted by atomic mass is 16.5. The highest BCUT2D eigenvalue weighted by Gasteiger charge is 2.24. The molecule has 2 N–H and O–H groups in total. The second-order valence-corrected chi connectivity index (χ2v) is 12.1. The number of ether oxygens (including phenoxy) is 1. The van der Waals surface area contributed by atoms with Crippen molar-refractivity contribution in [2.75, 3.05) is 43.0 Å². The Balaban J connectivity index is 1.70. The van der Waals surface area contributed by atoms with Gasteiger partial charge >= 0.3 is 6.03 Å². The van der Waals surface area contributed by atoms with Crippen molar-refractivity contribution in [2.24, 2.45) is 0 Å². The molecule has 46 heavy (non-hydrogen) atoms. The summed E-state index contributed by atoms with van der Waals surface area (Å²) >= 11 is 0. The number of aromatic nitrogens is 2. The van der Waals surface area contributed by atoms with Crippen molar-refractivity contribution in [3.8, 4) is 29.2 Å². The summed E-state index contributed by atoms with van der Waals surface area (Å²) in [5.41, 5.74) is 5.25. The van der Waals surface area contributed by atoms with Crippen LogP contribution in [-0.4, -0.2) is 53.7 Å². The fourth-order valence-electron chi connectivity index (χ4n) is 5.58. The Morgan fingerprint density at radius 2 is 1.70 bits per heavy atom. The SMILES string of the molecule is C#CCCCN(C(=O)Nc1c(C(C)C)cc(-c2cccc(OCCN(CC)CC)c2)cc1C(C)C)c1cc2cccnc2[nH]c1=O. The highest BCUT2D eigenvalue weighted by Crippen LogP contribution is 2.38. The van der Waals surface area contributed by atoms with Gasteiger partial charge in [-0.15, -0.1) is 12.3 Å². The first kappa shape index (κ1) is 34.3. The maximum atomic E-state index is 14.1.